The number of likely N-dealkylation sites (N-methyl/N-ethyl adjacent to an activating group) is 1. The average Bonchev–Trinajstić information content (AvgIpc) is 2.76. The van der Waals surface area contributed by atoms with Crippen LogP contribution in [0, 0.1) is 6.92 Å². The van der Waals surface area contributed by atoms with Gasteiger partial charge in [-0.1, -0.05) is 54.9 Å². The third kappa shape index (κ3) is 7.47. The number of amides is 2. The van der Waals surface area contributed by atoms with Gasteiger partial charge in [0.25, 0.3) is 0 Å². The van der Waals surface area contributed by atoms with Crippen LogP contribution in [0.1, 0.15) is 31.4 Å². The number of carbonyl (C=O) groups is 2. The van der Waals surface area contributed by atoms with Crippen molar-refractivity contribution in [2.24, 2.45) is 0 Å². The zero-order chi connectivity index (χ0) is 24.6. The molecule has 0 heterocycles. The molecule has 1 N–H and O–H groups in total. The lowest BCUT2D eigenvalue weighted by atomic mass is 10.1. The minimum absolute atomic E-state index is 0.258. The van der Waals surface area contributed by atoms with E-state index >= 15 is 0 Å². The van der Waals surface area contributed by atoms with E-state index in [-0.39, 0.29) is 12.5 Å². The summed E-state index contributed by atoms with van der Waals surface area (Å²) in [5.74, 6) is -0.708. The molecule has 2 aromatic rings. The fourth-order valence-corrected chi connectivity index (χ4v) is 4.70. The number of hydrogen-bond acceptors (Lipinski definition) is 4. The average molecular weight is 494 g/mol. The highest BCUT2D eigenvalue weighted by Crippen LogP contribution is 2.26. The molecule has 2 rings (SSSR count). The molecule has 0 saturated carbocycles. The van der Waals surface area contributed by atoms with Gasteiger partial charge in [0.1, 0.15) is 12.6 Å². The zero-order valence-corrected chi connectivity index (χ0v) is 21.1. The number of rotatable bonds is 11. The Balaban J connectivity index is 2.39. The summed E-state index contributed by atoms with van der Waals surface area (Å²) in [7, 11) is -3.79. The van der Waals surface area contributed by atoms with Crippen molar-refractivity contribution in [1.29, 1.82) is 0 Å². The topological polar surface area (TPSA) is 86.8 Å². The van der Waals surface area contributed by atoms with Gasteiger partial charge >= 0.3 is 0 Å². The first-order valence-corrected chi connectivity index (χ1v) is 13.2. The maximum atomic E-state index is 13.5. The van der Waals surface area contributed by atoms with Crippen molar-refractivity contribution in [3.05, 3.63) is 64.7 Å². The Morgan fingerprint density at radius 1 is 1.09 bits per heavy atom. The van der Waals surface area contributed by atoms with Gasteiger partial charge in [-0.2, -0.15) is 0 Å². The van der Waals surface area contributed by atoms with Gasteiger partial charge in [0.05, 0.1) is 11.9 Å². The molecule has 0 aromatic heterocycles. The zero-order valence-electron chi connectivity index (χ0n) is 19.5. The number of aryl methyl sites for hydroxylation is 1. The number of sulfonamides is 1. The van der Waals surface area contributed by atoms with Crippen LogP contribution in [0.5, 0.6) is 0 Å². The van der Waals surface area contributed by atoms with E-state index in [1.54, 1.807) is 19.1 Å². The fourth-order valence-electron chi connectivity index (χ4n) is 3.63. The highest BCUT2D eigenvalue weighted by Gasteiger charge is 2.31. The SMILES string of the molecule is CCNC(=O)[C@@H](CC)N(CCc1ccccc1)C(=O)CN(c1cc(Cl)ccc1C)S(C)(=O)=O. The number of hydrogen-bond donors (Lipinski definition) is 1. The smallest absolute Gasteiger partial charge is 0.244 e. The second-order valence-electron chi connectivity index (χ2n) is 7.84. The lowest BCUT2D eigenvalue weighted by Gasteiger charge is -2.33. The molecule has 0 radical (unpaired) electrons. The Hall–Kier alpha value is -2.58. The Bertz CT molecular complexity index is 1060. The second kappa shape index (κ2) is 12.0. The van der Waals surface area contributed by atoms with Crippen molar-refractivity contribution in [3.63, 3.8) is 0 Å². The number of nitrogens with zero attached hydrogens (tertiary/aromatic N) is 2. The van der Waals surface area contributed by atoms with E-state index in [0.29, 0.717) is 35.7 Å². The first-order chi connectivity index (χ1) is 15.6. The van der Waals surface area contributed by atoms with Gasteiger partial charge in [0.15, 0.2) is 0 Å². The van der Waals surface area contributed by atoms with Crippen LogP contribution < -0.4 is 9.62 Å². The third-order valence-corrected chi connectivity index (χ3v) is 6.70. The maximum absolute atomic E-state index is 13.5. The van der Waals surface area contributed by atoms with Crippen LogP contribution in [0.2, 0.25) is 5.02 Å². The molecule has 0 spiro atoms. The van der Waals surface area contributed by atoms with Crippen molar-refractivity contribution in [2.75, 3.05) is 30.2 Å². The van der Waals surface area contributed by atoms with Gasteiger partial charge < -0.3 is 10.2 Å². The number of benzene rings is 2. The summed E-state index contributed by atoms with van der Waals surface area (Å²) in [4.78, 5) is 27.7. The molecule has 9 heteroatoms. The third-order valence-electron chi connectivity index (χ3n) is 5.34. The van der Waals surface area contributed by atoms with Crippen LogP contribution in [0.3, 0.4) is 0 Å². The van der Waals surface area contributed by atoms with Crippen LogP contribution in [0.25, 0.3) is 0 Å². The number of carbonyl (C=O) groups excluding carboxylic acids is 2. The largest absolute Gasteiger partial charge is 0.355 e. The van der Waals surface area contributed by atoms with E-state index < -0.39 is 28.5 Å². The molecule has 0 aliphatic carbocycles. The molecule has 0 aliphatic rings. The lowest BCUT2D eigenvalue weighted by Crippen LogP contribution is -2.53. The molecule has 0 aliphatic heterocycles. The van der Waals surface area contributed by atoms with Gasteiger partial charge in [-0.15, -0.1) is 0 Å². The van der Waals surface area contributed by atoms with Crippen LogP contribution in [0.4, 0.5) is 5.69 Å². The van der Waals surface area contributed by atoms with Crippen molar-refractivity contribution in [2.45, 2.75) is 39.7 Å². The van der Waals surface area contributed by atoms with Crippen molar-refractivity contribution < 1.29 is 18.0 Å². The molecule has 180 valence electrons. The molecule has 0 saturated heterocycles. The van der Waals surface area contributed by atoms with Gasteiger partial charge in [-0.05, 0) is 49.9 Å². The molecular formula is C24H32ClN3O4S. The monoisotopic (exact) mass is 493 g/mol. The molecule has 33 heavy (non-hydrogen) atoms. The molecule has 0 bridgehead atoms. The summed E-state index contributed by atoms with van der Waals surface area (Å²) in [6.07, 6.45) is 2.00. The van der Waals surface area contributed by atoms with E-state index in [1.165, 1.54) is 11.0 Å². The quantitative estimate of drug-likeness (QED) is 0.519. The summed E-state index contributed by atoms with van der Waals surface area (Å²) in [6, 6.07) is 13.8. The van der Waals surface area contributed by atoms with E-state index in [9.17, 15) is 18.0 Å². The molecule has 2 aromatic carbocycles. The van der Waals surface area contributed by atoms with Gasteiger partial charge in [-0.3, -0.25) is 13.9 Å². The van der Waals surface area contributed by atoms with E-state index in [4.69, 9.17) is 11.6 Å². The molecule has 0 unspecified atom stereocenters. The van der Waals surface area contributed by atoms with Crippen LogP contribution in [-0.2, 0) is 26.0 Å². The minimum Gasteiger partial charge on any atom is -0.355 e. The van der Waals surface area contributed by atoms with Crippen LogP contribution in [0.15, 0.2) is 48.5 Å². The number of nitrogens with one attached hydrogen (secondary N) is 1. The van der Waals surface area contributed by atoms with Crippen LogP contribution in [-0.4, -0.2) is 57.1 Å². The van der Waals surface area contributed by atoms with Gasteiger partial charge in [-0.25, -0.2) is 8.42 Å². The number of anilines is 1. The maximum Gasteiger partial charge on any atom is 0.244 e. The first-order valence-electron chi connectivity index (χ1n) is 10.9. The number of halogens is 1. The van der Waals surface area contributed by atoms with Crippen molar-refractivity contribution in [3.8, 4) is 0 Å². The normalized spacial score (nSPS) is 12.2. The van der Waals surface area contributed by atoms with E-state index in [2.05, 4.69) is 5.32 Å². The Kier molecular flexibility index (Phi) is 9.73. The fraction of sp³-hybridized carbons (Fsp3) is 0.417. The van der Waals surface area contributed by atoms with E-state index in [1.807, 2.05) is 44.2 Å². The Morgan fingerprint density at radius 2 is 1.76 bits per heavy atom. The Labute approximate surface area is 201 Å². The molecule has 1 atom stereocenters. The van der Waals surface area contributed by atoms with E-state index in [0.717, 1.165) is 16.1 Å². The lowest BCUT2D eigenvalue weighted by molar-refractivity contribution is -0.139. The highest BCUT2D eigenvalue weighted by atomic mass is 35.5. The molecule has 7 nitrogen and oxygen atoms in total. The highest BCUT2D eigenvalue weighted by molar-refractivity contribution is 7.92. The van der Waals surface area contributed by atoms with Crippen molar-refractivity contribution in [1.82, 2.24) is 10.2 Å². The summed E-state index contributed by atoms with van der Waals surface area (Å²) < 4.78 is 26.3. The predicted octanol–water partition coefficient (Wildman–Crippen LogP) is 3.40. The van der Waals surface area contributed by atoms with Gasteiger partial charge in [0, 0.05) is 18.1 Å². The summed E-state index contributed by atoms with van der Waals surface area (Å²) in [5, 5.41) is 3.15. The summed E-state index contributed by atoms with van der Waals surface area (Å²) >= 11 is 6.11. The predicted molar refractivity (Wildman–Crippen MR) is 133 cm³/mol. The summed E-state index contributed by atoms with van der Waals surface area (Å²) in [6.45, 7) is 5.69. The minimum atomic E-state index is -3.79. The molecular weight excluding hydrogens is 462 g/mol. The van der Waals surface area contributed by atoms with Gasteiger partial charge in [0.2, 0.25) is 21.8 Å². The molecule has 2 amide bonds. The Morgan fingerprint density at radius 3 is 2.33 bits per heavy atom. The summed E-state index contributed by atoms with van der Waals surface area (Å²) in [5.41, 5.74) is 2.03. The van der Waals surface area contributed by atoms with Crippen LogP contribution >= 0.6 is 11.6 Å². The molecule has 0 fully saturated rings. The van der Waals surface area contributed by atoms with Crippen molar-refractivity contribution >= 4 is 39.1 Å². The second-order valence-corrected chi connectivity index (χ2v) is 10.2. The standard InChI is InChI=1S/C24H32ClN3O4S/c1-5-21(24(30)26-6-2)27(15-14-19-10-8-7-9-11-19)23(29)17-28(33(4,31)32)22-16-20(25)13-12-18(22)3/h7-13,16,21H,5-6,14-15,17H2,1-4H3,(H,26,30)/t21-/m1/s1. The first kappa shape index (κ1) is 26.7.